The minimum atomic E-state index is -0.282. The van der Waals surface area contributed by atoms with Gasteiger partial charge in [0, 0.05) is 12.4 Å². The lowest BCUT2D eigenvalue weighted by Gasteiger charge is -2.04. The molecule has 0 aliphatic heterocycles. The average molecular weight is 248 g/mol. The van der Waals surface area contributed by atoms with Gasteiger partial charge < -0.3 is 9.30 Å². The Balaban J connectivity index is 1.72. The van der Waals surface area contributed by atoms with E-state index in [4.69, 9.17) is 4.74 Å². The Morgan fingerprint density at radius 2 is 2.11 bits per heavy atom. The molecule has 0 fully saturated rings. The topological polar surface area (TPSA) is 44.1 Å². The number of halogens is 1. The molecule has 1 aromatic carbocycles. The molecule has 0 saturated carbocycles. The molecule has 0 amide bonds. The van der Waals surface area contributed by atoms with Gasteiger partial charge in [-0.15, -0.1) is 0 Å². The minimum absolute atomic E-state index is 0.0323. The van der Waals surface area contributed by atoms with Gasteiger partial charge in [-0.25, -0.2) is 9.37 Å². The molecule has 0 radical (unpaired) electrons. The molecule has 0 bridgehead atoms. The van der Waals surface area contributed by atoms with E-state index in [1.807, 2.05) is 0 Å². The van der Waals surface area contributed by atoms with Crippen LogP contribution in [-0.4, -0.2) is 21.9 Å². The first-order valence-electron chi connectivity index (χ1n) is 5.53. The first-order chi connectivity index (χ1) is 8.74. The van der Waals surface area contributed by atoms with E-state index in [0.717, 1.165) is 5.56 Å². The van der Waals surface area contributed by atoms with Crippen LogP contribution < -0.4 is 0 Å². The van der Waals surface area contributed by atoms with Crippen LogP contribution in [0.3, 0.4) is 0 Å². The smallest absolute Gasteiger partial charge is 0.178 e. The van der Waals surface area contributed by atoms with E-state index in [-0.39, 0.29) is 24.8 Å². The van der Waals surface area contributed by atoms with E-state index in [9.17, 15) is 9.18 Å². The van der Waals surface area contributed by atoms with Crippen molar-refractivity contribution in [2.45, 2.75) is 13.2 Å². The Bertz CT molecular complexity index is 494. The highest BCUT2D eigenvalue weighted by Gasteiger charge is 2.03. The zero-order chi connectivity index (χ0) is 12.8. The molecule has 0 saturated heterocycles. The summed E-state index contributed by atoms with van der Waals surface area (Å²) in [5.74, 6) is -0.315. The molecule has 0 unspecified atom stereocenters. The van der Waals surface area contributed by atoms with Crippen LogP contribution in [0.4, 0.5) is 4.39 Å². The average Bonchev–Trinajstić information content (AvgIpc) is 2.84. The maximum absolute atomic E-state index is 12.6. The van der Waals surface area contributed by atoms with Gasteiger partial charge in [0.1, 0.15) is 12.4 Å². The predicted molar refractivity (Wildman–Crippen MR) is 63.3 cm³/mol. The van der Waals surface area contributed by atoms with Gasteiger partial charge >= 0.3 is 0 Å². The highest BCUT2D eigenvalue weighted by molar-refractivity contribution is 5.79. The molecule has 2 aromatic rings. The van der Waals surface area contributed by atoms with E-state index in [1.54, 1.807) is 35.4 Å². The number of rotatable bonds is 6. The summed E-state index contributed by atoms with van der Waals surface area (Å²) >= 11 is 0. The molecule has 0 aliphatic rings. The molecule has 0 N–H and O–H groups in total. The summed E-state index contributed by atoms with van der Waals surface area (Å²) in [7, 11) is 0. The summed E-state index contributed by atoms with van der Waals surface area (Å²) < 4.78 is 19.6. The summed E-state index contributed by atoms with van der Waals surface area (Å²) in [6.45, 7) is 0.592. The van der Waals surface area contributed by atoms with Gasteiger partial charge in [-0.1, -0.05) is 12.1 Å². The zero-order valence-electron chi connectivity index (χ0n) is 9.75. The normalized spacial score (nSPS) is 10.5. The Hall–Kier alpha value is -2.01. The van der Waals surface area contributed by atoms with Crippen molar-refractivity contribution in [3.05, 3.63) is 54.4 Å². The van der Waals surface area contributed by atoms with Crippen LogP contribution in [0.2, 0.25) is 0 Å². The van der Waals surface area contributed by atoms with Crippen molar-refractivity contribution in [3.63, 3.8) is 0 Å². The third-order valence-electron chi connectivity index (χ3n) is 2.36. The number of Topliss-reactive ketones (excluding diaryl/α,β-unsaturated/α-hetero) is 1. The largest absolute Gasteiger partial charge is 0.369 e. The molecule has 18 heavy (non-hydrogen) atoms. The SMILES string of the molecule is O=C(COCc1ccc(F)cc1)Cn1ccnc1. The lowest BCUT2D eigenvalue weighted by molar-refractivity contribution is -0.124. The van der Waals surface area contributed by atoms with Crippen LogP contribution in [0.5, 0.6) is 0 Å². The van der Waals surface area contributed by atoms with Crippen LogP contribution in [-0.2, 0) is 22.7 Å². The lowest BCUT2D eigenvalue weighted by atomic mass is 10.2. The van der Waals surface area contributed by atoms with Gasteiger partial charge in [-0.2, -0.15) is 0 Å². The van der Waals surface area contributed by atoms with Gasteiger partial charge in [0.15, 0.2) is 5.78 Å². The molecule has 0 atom stereocenters. The van der Waals surface area contributed by atoms with E-state index in [1.165, 1.54) is 12.1 Å². The van der Waals surface area contributed by atoms with E-state index < -0.39 is 0 Å². The minimum Gasteiger partial charge on any atom is -0.369 e. The number of hydrogen-bond donors (Lipinski definition) is 0. The fourth-order valence-electron chi connectivity index (χ4n) is 1.49. The van der Waals surface area contributed by atoms with Crippen LogP contribution in [0.1, 0.15) is 5.56 Å². The molecule has 1 heterocycles. The molecular weight excluding hydrogens is 235 g/mol. The number of benzene rings is 1. The van der Waals surface area contributed by atoms with Crippen molar-refractivity contribution >= 4 is 5.78 Å². The molecule has 4 nitrogen and oxygen atoms in total. The number of nitrogens with zero attached hydrogens (tertiary/aromatic N) is 2. The standard InChI is InChI=1S/C13H13FN2O2/c14-12-3-1-11(2-4-12)8-18-9-13(17)7-16-6-5-15-10-16/h1-6,10H,7-9H2. The fourth-order valence-corrected chi connectivity index (χ4v) is 1.49. The second kappa shape index (κ2) is 6.07. The van der Waals surface area contributed by atoms with Gasteiger partial charge in [0.25, 0.3) is 0 Å². The first kappa shape index (κ1) is 12.4. The van der Waals surface area contributed by atoms with Crippen molar-refractivity contribution in [1.82, 2.24) is 9.55 Å². The molecule has 2 rings (SSSR count). The summed E-state index contributed by atoms with van der Waals surface area (Å²) in [5, 5.41) is 0. The Labute approximate surface area is 104 Å². The first-order valence-corrected chi connectivity index (χ1v) is 5.53. The van der Waals surface area contributed by atoms with Gasteiger partial charge in [-0.05, 0) is 17.7 Å². The third-order valence-corrected chi connectivity index (χ3v) is 2.36. The van der Waals surface area contributed by atoms with Crippen LogP contribution in [0, 0.1) is 5.82 Å². The van der Waals surface area contributed by atoms with Gasteiger partial charge in [0.05, 0.1) is 19.5 Å². The molecular formula is C13H13FN2O2. The van der Waals surface area contributed by atoms with Crippen molar-refractivity contribution in [2.24, 2.45) is 0 Å². The van der Waals surface area contributed by atoms with Crippen molar-refractivity contribution in [3.8, 4) is 0 Å². The van der Waals surface area contributed by atoms with Crippen LogP contribution in [0.15, 0.2) is 43.0 Å². The lowest BCUT2D eigenvalue weighted by Crippen LogP contribution is -2.15. The number of imidazole rings is 1. The highest BCUT2D eigenvalue weighted by atomic mass is 19.1. The number of carbonyl (C=O) groups excluding carboxylic acids is 1. The Morgan fingerprint density at radius 3 is 2.78 bits per heavy atom. The van der Waals surface area contributed by atoms with Gasteiger partial charge in [-0.3, -0.25) is 4.79 Å². The molecule has 0 spiro atoms. The Kier molecular flexibility index (Phi) is 4.20. The molecule has 5 heteroatoms. The van der Waals surface area contributed by atoms with E-state index >= 15 is 0 Å². The van der Waals surface area contributed by atoms with Gasteiger partial charge in [0.2, 0.25) is 0 Å². The summed E-state index contributed by atoms with van der Waals surface area (Å²) in [5.41, 5.74) is 0.840. The summed E-state index contributed by atoms with van der Waals surface area (Å²) in [6.07, 6.45) is 4.92. The number of carbonyl (C=O) groups is 1. The second-order valence-electron chi connectivity index (χ2n) is 3.89. The van der Waals surface area contributed by atoms with Crippen molar-refractivity contribution in [1.29, 1.82) is 0 Å². The van der Waals surface area contributed by atoms with E-state index in [2.05, 4.69) is 4.98 Å². The number of hydrogen-bond acceptors (Lipinski definition) is 3. The quantitative estimate of drug-likeness (QED) is 0.783. The number of ether oxygens (including phenoxy) is 1. The third kappa shape index (κ3) is 3.78. The summed E-state index contributed by atoms with van der Waals surface area (Å²) in [4.78, 5) is 15.4. The maximum Gasteiger partial charge on any atom is 0.178 e. The zero-order valence-corrected chi connectivity index (χ0v) is 9.75. The fraction of sp³-hybridized carbons (Fsp3) is 0.231. The van der Waals surface area contributed by atoms with Crippen molar-refractivity contribution in [2.75, 3.05) is 6.61 Å². The molecule has 0 aliphatic carbocycles. The predicted octanol–water partition coefficient (Wildman–Crippen LogP) is 1.81. The monoisotopic (exact) mass is 248 g/mol. The number of aromatic nitrogens is 2. The number of ketones is 1. The van der Waals surface area contributed by atoms with Crippen LogP contribution >= 0.6 is 0 Å². The Morgan fingerprint density at radius 1 is 1.33 bits per heavy atom. The van der Waals surface area contributed by atoms with E-state index in [0.29, 0.717) is 6.61 Å². The second-order valence-corrected chi connectivity index (χ2v) is 3.89. The maximum atomic E-state index is 12.6. The summed E-state index contributed by atoms with van der Waals surface area (Å²) in [6, 6.07) is 6.00. The molecule has 1 aromatic heterocycles. The molecule has 94 valence electrons. The van der Waals surface area contributed by atoms with Crippen LogP contribution in [0.25, 0.3) is 0 Å². The highest BCUT2D eigenvalue weighted by Crippen LogP contribution is 2.04. The van der Waals surface area contributed by atoms with Crippen molar-refractivity contribution < 1.29 is 13.9 Å².